The molecule has 0 aliphatic carbocycles. The maximum absolute atomic E-state index is 13.0. The van der Waals surface area contributed by atoms with Crippen molar-refractivity contribution in [1.82, 2.24) is 4.90 Å². The van der Waals surface area contributed by atoms with E-state index in [1.807, 2.05) is 18.2 Å². The predicted octanol–water partition coefficient (Wildman–Crippen LogP) is 5.39. The first kappa shape index (κ1) is 28.1. The Morgan fingerprint density at radius 2 is 1.76 bits per heavy atom. The number of Topliss-reactive ketones (excluding diaryl/α,β-unsaturated/α-hetero) is 2. The van der Waals surface area contributed by atoms with E-state index in [0.717, 1.165) is 50.0 Å². The van der Waals surface area contributed by atoms with Crippen LogP contribution in [0.25, 0.3) is 0 Å². The van der Waals surface area contributed by atoms with Crippen LogP contribution in [0.15, 0.2) is 42.5 Å². The minimum Gasteiger partial charge on any atom is -0.497 e. The van der Waals surface area contributed by atoms with Crippen LogP contribution in [-0.2, 0) is 4.79 Å². The smallest absolute Gasteiger partial charge is 0.162 e. The summed E-state index contributed by atoms with van der Waals surface area (Å²) >= 11 is 0. The van der Waals surface area contributed by atoms with Gasteiger partial charge < -0.3 is 24.2 Å². The van der Waals surface area contributed by atoms with Gasteiger partial charge in [0.15, 0.2) is 17.3 Å². The van der Waals surface area contributed by atoms with Gasteiger partial charge in [0.2, 0.25) is 0 Å². The second kappa shape index (κ2) is 13.8. The summed E-state index contributed by atoms with van der Waals surface area (Å²) in [4.78, 5) is 27.8. The normalized spacial score (nSPS) is 18.7. The highest BCUT2D eigenvalue weighted by Crippen LogP contribution is 2.36. The second-order valence-corrected chi connectivity index (χ2v) is 10.5. The number of aliphatic hydroxyl groups excluding tert-OH is 1. The standard InChI is InChI=1S/C31H41NO6/c1-22-7-6-16-32(22)21-25(31(35)24-12-15-29-30(20-24)38-18-17-37-29)19-26(33)8-4-3-5-9-28(34)23-10-13-27(36-2)14-11-23/h10-15,20,22,25,31,35H,3-9,16-19,21H2,1-2H3/t22-,25+,31?/m0/s1. The molecule has 7 nitrogen and oxygen atoms in total. The molecule has 0 amide bonds. The van der Waals surface area contributed by atoms with Crippen molar-refractivity contribution in [3.05, 3.63) is 53.6 Å². The van der Waals surface area contributed by atoms with E-state index < -0.39 is 6.10 Å². The van der Waals surface area contributed by atoms with Gasteiger partial charge in [-0.3, -0.25) is 9.59 Å². The first-order valence-electron chi connectivity index (χ1n) is 13.9. The summed E-state index contributed by atoms with van der Waals surface area (Å²) in [5, 5.41) is 11.4. The average Bonchev–Trinajstić information content (AvgIpc) is 3.35. The van der Waals surface area contributed by atoms with Crippen molar-refractivity contribution in [1.29, 1.82) is 0 Å². The topological polar surface area (TPSA) is 85.3 Å². The molecule has 2 aliphatic heterocycles. The molecule has 2 aromatic carbocycles. The number of rotatable bonds is 14. The third-order valence-electron chi connectivity index (χ3n) is 7.78. The van der Waals surface area contributed by atoms with Crippen molar-refractivity contribution in [2.24, 2.45) is 5.92 Å². The van der Waals surface area contributed by atoms with Crippen molar-refractivity contribution in [2.45, 2.75) is 70.4 Å². The van der Waals surface area contributed by atoms with Crippen LogP contribution in [0.2, 0.25) is 0 Å². The van der Waals surface area contributed by atoms with Crippen LogP contribution < -0.4 is 14.2 Å². The molecule has 0 saturated carbocycles. The van der Waals surface area contributed by atoms with Gasteiger partial charge in [0, 0.05) is 43.3 Å². The Labute approximate surface area is 226 Å². The number of fused-ring (bicyclic) bond motifs is 1. The van der Waals surface area contributed by atoms with Crippen LogP contribution in [0.3, 0.4) is 0 Å². The lowest BCUT2D eigenvalue weighted by Crippen LogP contribution is -2.35. The molecular formula is C31H41NO6. The number of likely N-dealkylation sites (tertiary alicyclic amines) is 1. The van der Waals surface area contributed by atoms with Crippen LogP contribution in [0.5, 0.6) is 17.2 Å². The molecule has 2 heterocycles. The molecule has 0 bridgehead atoms. The molecule has 1 saturated heterocycles. The molecule has 1 unspecified atom stereocenters. The number of benzene rings is 2. The van der Waals surface area contributed by atoms with E-state index in [1.165, 1.54) is 0 Å². The lowest BCUT2D eigenvalue weighted by Gasteiger charge is -2.30. The third kappa shape index (κ3) is 7.58. The molecule has 1 fully saturated rings. The van der Waals surface area contributed by atoms with Crippen LogP contribution in [0.1, 0.15) is 80.3 Å². The summed E-state index contributed by atoms with van der Waals surface area (Å²) < 4.78 is 16.5. The van der Waals surface area contributed by atoms with Gasteiger partial charge in [0.05, 0.1) is 13.2 Å². The SMILES string of the molecule is COc1ccc(C(=O)CCCCCC(=O)C[C@H](CN2CCC[C@@H]2C)C(O)c2ccc3c(c2)OCCO3)cc1. The Morgan fingerprint density at radius 3 is 2.47 bits per heavy atom. The summed E-state index contributed by atoms with van der Waals surface area (Å²) in [6.07, 6.45) is 5.15. The molecule has 1 N–H and O–H groups in total. The maximum Gasteiger partial charge on any atom is 0.162 e. The van der Waals surface area contributed by atoms with Gasteiger partial charge in [-0.15, -0.1) is 0 Å². The zero-order valence-corrected chi connectivity index (χ0v) is 22.7. The van der Waals surface area contributed by atoms with Gasteiger partial charge >= 0.3 is 0 Å². The number of carbonyl (C=O) groups is 2. The number of ether oxygens (including phenoxy) is 3. The fourth-order valence-corrected chi connectivity index (χ4v) is 5.46. The quantitative estimate of drug-likeness (QED) is 0.262. The molecular weight excluding hydrogens is 482 g/mol. The molecule has 0 aromatic heterocycles. The van der Waals surface area contributed by atoms with Gasteiger partial charge in [-0.25, -0.2) is 0 Å². The van der Waals surface area contributed by atoms with Crippen molar-refractivity contribution >= 4 is 11.6 Å². The molecule has 4 rings (SSSR count). The molecule has 3 atom stereocenters. The Hall–Kier alpha value is -2.90. The van der Waals surface area contributed by atoms with Crippen molar-refractivity contribution in [3.8, 4) is 17.2 Å². The molecule has 2 aromatic rings. The van der Waals surface area contributed by atoms with Gasteiger partial charge in [-0.2, -0.15) is 0 Å². The number of hydrogen-bond acceptors (Lipinski definition) is 7. The first-order chi connectivity index (χ1) is 18.4. The third-order valence-corrected chi connectivity index (χ3v) is 7.78. The number of methoxy groups -OCH3 is 1. The molecule has 7 heteroatoms. The van der Waals surface area contributed by atoms with E-state index in [2.05, 4.69) is 11.8 Å². The second-order valence-electron chi connectivity index (χ2n) is 10.5. The van der Waals surface area contributed by atoms with Crippen LogP contribution in [0, 0.1) is 5.92 Å². The predicted molar refractivity (Wildman–Crippen MR) is 146 cm³/mol. The average molecular weight is 524 g/mol. The Balaban J connectivity index is 1.28. The number of carbonyl (C=O) groups excluding carboxylic acids is 2. The minimum absolute atomic E-state index is 0.112. The van der Waals surface area contributed by atoms with Gasteiger partial charge in [-0.05, 0) is 81.1 Å². The van der Waals surface area contributed by atoms with Crippen molar-refractivity contribution in [2.75, 3.05) is 33.4 Å². The van der Waals surface area contributed by atoms with Crippen molar-refractivity contribution < 1.29 is 28.9 Å². The van der Waals surface area contributed by atoms with E-state index in [-0.39, 0.29) is 17.5 Å². The highest BCUT2D eigenvalue weighted by molar-refractivity contribution is 5.96. The number of unbranched alkanes of at least 4 members (excludes halogenated alkanes) is 2. The number of ketones is 2. The number of nitrogens with zero attached hydrogens (tertiary/aromatic N) is 1. The zero-order chi connectivity index (χ0) is 26.9. The zero-order valence-electron chi connectivity index (χ0n) is 22.7. The molecule has 0 radical (unpaired) electrons. The van der Waals surface area contributed by atoms with E-state index in [4.69, 9.17) is 14.2 Å². The molecule has 2 aliphatic rings. The summed E-state index contributed by atoms with van der Waals surface area (Å²) in [5.74, 6) is 2.16. The minimum atomic E-state index is -0.760. The van der Waals surface area contributed by atoms with E-state index >= 15 is 0 Å². The summed E-state index contributed by atoms with van der Waals surface area (Å²) in [5.41, 5.74) is 1.45. The summed E-state index contributed by atoms with van der Waals surface area (Å²) in [6, 6.07) is 13.2. The summed E-state index contributed by atoms with van der Waals surface area (Å²) in [6.45, 7) is 4.93. The van der Waals surface area contributed by atoms with E-state index in [9.17, 15) is 14.7 Å². The van der Waals surface area contributed by atoms with Crippen LogP contribution in [-0.4, -0.2) is 61.0 Å². The fourth-order valence-electron chi connectivity index (χ4n) is 5.46. The fraction of sp³-hybridized carbons (Fsp3) is 0.548. The largest absolute Gasteiger partial charge is 0.497 e. The van der Waals surface area contributed by atoms with E-state index in [0.29, 0.717) is 62.1 Å². The Bertz CT molecular complexity index is 1070. The van der Waals surface area contributed by atoms with Crippen LogP contribution >= 0.6 is 0 Å². The highest BCUT2D eigenvalue weighted by Gasteiger charge is 2.30. The first-order valence-corrected chi connectivity index (χ1v) is 13.9. The number of aliphatic hydroxyl groups is 1. The highest BCUT2D eigenvalue weighted by atomic mass is 16.6. The Morgan fingerprint density at radius 1 is 1.03 bits per heavy atom. The van der Waals surface area contributed by atoms with Crippen molar-refractivity contribution in [3.63, 3.8) is 0 Å². The monoisotopic (exact) mass is 523 g/mol. The van der Waals surface area contributed by atoms with E-state index in [1.54, 1.807) is 31.4 Å². The van der Waals surface area contributed by atoms with Gasteiger partial charge in [0.1, 0.15) is 24.7 Å². The molecule has 38 heavy (non-hydrogen) atoms. The van der Waals surface area contributed by atoms with Gasteiger partial charge in [0.25, 0.3) is 0 Å². The number of hydrogen-bond donors (Lipinski definition) is 1. The maximum atomic E-state index is 13.0. The Kier molecular flexibility index (Phi) is 10.2. The summed E-state index contributed by atoms with van der Waals surface area (Å²) in [7, 11) is 1.60. The molecule has 206 valence electrons. The lowest BCUT2D eigenvalue weighted by atomic mass is 9.89. The van der Waals surface area contributed by atoms with Gasteiger partial charge in [-0.1, -0.05) is 12.5 Å². The van der Waals surface area contributed by atoms with Crippen LogP contribution in [0.4, 0.5) is 0 Å². The molecule has 0 spiro atoms. The lowest BCUT2D eigenvalue weighted by molar-refractivity contribution is -0.121.